The summed E-state index contributed by atoms with van der Waals surface area (Å²) in [6.45, 7) is 0.547. The third-order valence-corrected chi connectivity index (χ3v) is 6.34. The minimum Gasteiger partial charge on any atom is -0.322 e. The van der Waals surface area contributed by atoms with Crippen molar-refractivity contribution in [2.45, 2.75) is 11.9 Å². The zero-order chi connectivity index (χ0) is 21.1. The van der Waals surface area contributed by atoms with Gasteiger partial charge in [0, 0.05) is 17.8 Å². The van der Waals surface area contributed by atoms with Gasteiger partial charge in [0.05, 0.1) is 10.8 Å². The summed E-state index contributed by atoms with van der Waals surface area (Å²) in [5.41, 5.74) is 2.92. The minimum absolute atomic E-state index is 0.0513. The van der Waals surface area contributed by atoms with E-state index < -0.39 is 5.82 Å². The number of amides is 2. The Morgan fingerprint density at radius 3 is 2.53 bits per heavy atom. The fraction of sp³-hybridized carbons (Fsp3) is 0.130. The summed E-state index contributed by atoms with van der Waals surface area (Å²) in [6.07, 6.45) is 0. The average molecular weight is 441 g/mol. The summed E-state index contributed by atoms with van der Waals surface area (Å²) in [6, 6.07) is 21.1. The van der Waals surface area contributed by atoms with Crippen LogP contribution in [0.4, 0.5) is 10.1 Å². The minimum atomic E-state index is -0.539. The molecule has 1 N–H and O–H groups in total. The maximum absolute atomic E-state index is 13.3. The van der Waals surface area contributed by atoms with Crippen molar-refractivity contribution in [1.82, 2.24) is 4.90 Å². The maximum Gasteiger partial charge on any atom is 0.255 e. The highest BCUT2D eigenvalue weighted by Gasteiger charge is 2.32. The Labute approximate surface area is 183 Å². The van der Waals surface area contributed by atoms with Crippen molar-refractivity contribution in [2.75, 3.05) is 11.1 Å². The second-order valence-corrected chi connectivity index (χ2v) is 8.35. The van der Waals surface area contributed by atoms with Crippen LogP contribution in [0.25, 0.3) is 0 Å². The molecule has 0 aromatic heterocycles. The number of halogens is 2. The predicted molar refractivity (Wildman–Crippen MR) is 118 cm³/mol. The number of thioether (sulfide) groups is 1. The second kappa shape index (κ2) is 8.90. The maximum atomic E-state index is 13.3. The molecule has 2 amide bonds. The molecule has 0 aliphatic carbocycles. The highest BCUT2D eigenvalue weighted by atomic mass is 35.5. The van der Waals surface area contributed by atoms with E-state index >= 15 is 0 Å². The van der Waals surface area contributed by atoms with E-state index in [2.05, 4.69) is 5.32 Å². The smallest absolute Gasteiger partial charge is 0.255 e. The quantitative estimate of drug-likeness (QED) is 0.569. The molecule has 1 saturated heterocycles. The van der Waals surface area contributed by atoms with Gasteiger partial charge in [0.1, 0.15) is 11.2 Å². The van der Waals surface area contributed by atoms with Gasteiger partial charge in [0.25, 0.3) is 5.91 Å². The monoisotopic (exact) mass is 440 g/mol. The lowest BCUT2D eigenvalue weighted by atomic mass is 10.1. The Kier molecular flexibility index (Phi) is 6.06. The van der Waals surface area contributed by atoms with Crippen LogP contribution >= 0.6 is 23.4 Å². The van der Waals surface area contributed by atoms with Crippen LogP contribution in [-0.2, 0) is 11.3 Å². The Hall–Kier alpha value is -2.83. The molecule has 1 aliphatic rings. The number of hydrogen-bond donors (Lipinski definition) is 1. The summed E-state index contributed by atoms with van der Waals surface area (Å²) in [5, 5.41) is 2.56. The summed E-state index contributed by atoms with van der Waals surface area (Å²) < 4.78 is 13.3. The SMILES string of the molecule is O=C(Nc1ccc(F)c(Cl)c1)c1ccc([C@@H]2SCC(=O)N2Cc2ccccc2)cc1. The van der Waals surface area contributed by atoms with Crippen molar-refractivity contribution < 1.29 is 14.0 Å². The molecule has 3 aromatic rings. The molecule has 0 unspecified atom stereocenters. The number of hydrogen-bond acceptors (Lipinski definition) is 3. The van der Waals surface area contributed by atoms with Crippen LogP contribution in [0, 0.1) is 5.82 Å². The van der Waals surface area contributed by atoms with Crippen LogP contribution in [0.1, 0.15) is 26.9 Å². The molecule has 7 heteroatoms. The molecule has 1 fully saturated rings. The van der Waals surface area contributed by atoms with Gasteiger partial charge in [-0.1, -0.05) is 54.1 Å². The standard InChI is InChI=1S/C23H18ClFN2O2S/c24-19-12-18(10-11-20(19)25)26-22(29)16-6-8-17(9-7-16)23-27(21(28)14-30-23)13-15-4-2-1-3-5-15/h1-12,23H,13-14H2,(H,26,29)/t23-/m0/s1. The van der Waals surface area contributed by atoms with Gasteiger partial charge < -0.3 is 10.2 Å². The van der Waals surface area contributed by atoms with E-state index in [0.29, 0.717) is 23.5 Å². The Balaban J connectivity index is 1.47. The molecule has 0 bridgehead atoms. The molecule has 0 spiro atoms. The van der Waals surface area contributed by atoms with Crippen LogP contribution in [0.2, 0.25) is 5.02 Å². The van der Waals surface area contributed by atoms with Crippen molar-refractivity contribution in [1.29, 1.82) is 0 Å². The molecule has 4 nitrogen and oxygen atoms in total. The number of carbonyl (C=O) groups excluding carboxylic acids is 2. The number of benzene rings is 3. The molecule has 1 aliphatic heterocycles. The number of nitrogens with one attached hydrogen (secondary N) is 1. The van der Waals surface area contributed by atoms with Gasteiger partial charge >= 0.3 is 0 Å². The fourth-order valence-electron chi connectivity index (χ4n) is 3.26. The molecule has 30 heavy (non-hydrogen) atoms. The number of nitrogens with zero attached hydrogens (tertiary/aromatic N) is 1. The first-order valence-corrected chi connectivity index (χ1v) is 10.8. The number of rotatable bonds is 5. The normalized spacial score (nSPS) is 16.0. The highest BCUT2D eigenvalue weighted by molar-refractivity contribution is 8.00. The van der Waals surface area contributed by atoms with Gasteiger partial charge in [-0.2, -0.15) is 0 Å². The van der Waals surface area contributed by atoms with Crippen LogP contribution in [0.3, 0.4) is 0 Å². The van der Waals surface area contributed by atoms with E-state index in [1.165, 1.54) is 18.2 Å². The van der Waals surface area contributed by atoms with Gasteiger partial charge in [-0.15, -0.1) is 11.8 Å². The summed E-state index contributed by atoms with van der Waals surface area (Å²) in [5.74, 6) is -0.322. The third-order valence-electron chi connectivity index (χ3n) is 4.80. The van der Waals surface area contributed by atoms with Crippen molar-refractivity contribution in [2.24, 2.45) is 0 Å². The van der Waals surface area contributed by atoms with Crippen LogP contribution in [-0.4, -0.2) is 22.5 Å². The molecular formula is C23H18ClFN2O2S. The molecule has 4 rings (SSSR count). The van der Waals surface area contributed by atoms with Crippen molar-refractivity contribution >= 4 is 40.9 Å². The molecule has 3 aromatic carbocycles. The van der Waals surface area contributed by atoms with Gasteiger partial charge in [-0.05, 0) is 41.5 Å². The van der Waals surface area contributed by atoms with E-state index in [9.17, 15) is 14.0 Å². The molecular weight excluding hydrogens is 423 g/mol. The first kappa shape index (κ1) is 20.4. The zero-order valence-corrected chi connectivity index (χ0v) is 17.4. The van der Waals surface area contributed by atoms with Crippen molar-refractivity contribution in [3.8, 4) is 0 Å². The first-order chi connectivity index (χ1) is 14.5. The first-order valence-electron chi connectivity index (χ1n) is 9.32. The van der Waals surface area contributed by atoms with Gasteiger partial charge in [-0.25, -0.2) is 4.39 Å². The molecule has 0 saturated carbocycles. The second-order valence-electron chi connectivity index (χ2n) is 6.88. The van der Waals surface area contributed by atoms with Crippen molar-refractivity contribution in [3.05, 3.63) is 100 Å². The van der Waals surface area contributed by atoms with E-state index in [-0.39, 0.29) is 22.2 Å². The lowest BCUT2D eigenvalue weighted by Gasteiger charge is -2.24. The molecule has 152 valence electrons. The van der Waals surface area contributed by atoms with E-state index in [4.69, 9.17) is 11.6 Å². The highest BCUT2D eigenvalue weighted by Crippen LogP contribution is 2.39. The summed E-state index contributed by atoms with van der Waals surface area (Å²) in [4.78, 5) is 26.7. The fourth-order valence-corrected chi connectivity index (χ4v) is 4.63. The van der Waals surface area contributed by atoms with Crippen molar-refractivity contribution in [3.63, 3.8) is 0 Å². The van der Waals surface area contributed by atoms with E-state index in [1.54, 1.807) is 23.9 Å². The van der Waals surface area contributed by atoms with Crippen LogP contribution in [0.15, 0.2) is 72.8 Å². The third kappa shape index (κ3) is 4.50. The van der Waals surface area contributed by atoms with Gasteiger partial charge in [0.2, 0.25) is 5.91 Å². The van der Waals surface area contributed by atoms with E-state index in [1.807, 2.05) is 47.4 Å². The lowest BCUT2D eigenvalue weighted by Crippen LogP contribution is -2.27. The zero-order valence-electron chi connectivity index (χ0n) is 15.8. The van der Waals surface area contributed by atoms with E-state index in [0.717, 1.165) is 11.1 Å². The number of anilines is 1. The summed E-state index contributed by atoms with van der Waals surface area (Å²) >= 11 is 7.34. The molecule has 1 atom stereocenters. The Bertz CT molecular complexity index is 1080. The lowest BCUT2D eigenvalue weighted by molar-refractivity contribution is -0.128. The number of carbonyl (C=O) groups is 2. The van der Waals surface area contributed by atoms with Gasteiger partial charge in [0.15, 0.2) is 0 Å². The predicted octanol–water partition coefficient (Wildman–Crippen LogP) is 5.51. The summed E-state index contributed by atoms with van der Waals surface area (Å²) in [7, 11) is 0. The topological polar surface area (TPSA) is 49.4 Å². The molecule has 1 heterocycles. The van der Waals surface area contributed by atoms with Crippen LogP contribution in [0.5, 0.6) is 0 Å². The molecule has 0 radical (unpaired) electrons. The average Bonchev–Trinajstić information content (AvgIpc) is 3.12. The Morgan fingerprint density at radius 2 is 1.83 bits per heavy atom. The largest absolute Gasteiger partial charge is 0.322 e. The van der Waals surface area contributed by atoms with Crippen LogP contribution < -0.4 is 5.32 Å². The van der Waals surface area contributed by atoms with Gasteiger partial charge in [-0.3, -0.25) is 9.59 Å². The Morgan fingerprint density at radius 1 is 1.10 bits per heavy atom.